The quantitative estimate of drug-likeness (QED) is 0.703. The second-order valence-electron chi connectivity index (χ2n) is 4.24. The first-order valence-corrected chi connectivity index (χ1v) is 6.47. The van der Waals surface area contributed by atoms with Crippen LogP contribution in [0.2, 0.25) is 10.0 Å². The average Bonchev–Trinajstić information content (AvgIpc) is 2.38. The van der Waals surface area contributed by atoms with Crippen LogP contribution in [-0.2, 0) is 0 Å². The molecule has 0 atom stereocenters. The molecular weight excluding hydrogens is 281 g/mol. The van der Waals surface area contributed by atoms with Crippen LogP contribution in [0.15, 0.2) is 53.3 Å². The largest absolute Gasteiger partial charge is 0.354 e. The molecule has 19 heavy (non-hydrogen) atoms. The van der Waals surface area contributed by atoms with Crippen LogP contribution in [0.3, 0.4) is 0 Å². The van der Waals surface area contributed by atoms with E-state index in [1.165, 1.54) is 0 Å². The molecule has 0 aliphatic carbocycles. The van der Waals surface area contributed by atoms with Crippen molar-refractivity contribution in [1.82, 2.24) is 4.98 Å². The lowest BCUT2D eigenvalue weighted by Gasteiger charge is -2.05. The molecule has 2 nitrogen and oxygen atoms in total. The van der Waals surface area contributed by atoms with Crippen LogP contribution in [-0.4, -0.2) is 4.98 Å². The van der Waals surface area contributed by atoms with Gasteiger partial charge in [-0.2, -0.15) is 0 Å². The molecule has 94 valence electrons. The maximum absolute atomic E-state index is 12.1. The minimum Gasteiger partial charge on any atom is -0.354 e. The molecule has 3 aromatic rings. The van der Waals surface area contributed by atoms with E-state index in [4.69, 9.17) is 23.2 Å². The summed E-state index contributed by atoms with van der Waals surface area (Å²) in [5.41, 5.74) is 2.35. The zero-order valence-electron chi connectivity index (χ0n) is 9.78. The molecule has 0 saturated heterocycles. The van der Waals surface area contributed by atoms with Crippen molar-refractivity contribution in [2.75, 3.05) is 0 Å². The van der Waals surface area contributed by atoms with Gasteiger partial charge in [0.05, 0.1) is 5.52 Å². The minimum absolute atomic E-state index is 0.0321. The summed E-state index contributed by atoms with van der Waals surface area (Å²) in [5.74, 6) is 0. The lowest BCUT2D eigenvalue weighted by molar-refractivity contribution is 1.38. The number of aromatic nitrogens is 1. The van der Waals surface area contributed by atoms with E-state index in [-0.39, 0.29) is 5.43 Å². The summed E-state index contributed by atoms with van der Waals surface area (Å²) in [7, 11) is 0. The molecule has 0 amide bonds. The predicted molar refractivity (Wildman–Crippen MR) is 80.0 cm³/mol. The number of halogens is 2. The molecule has 0 aliphatic heterocycles. The average molecular weight is 290 g/mol. The van der Waals surface area contributed by atoms with E-state index >= 15 is 0 Å². The summed E-state index contributed by atoms with van der Waals surface area (Å²) in [5, 5.41) is 1.88. The van der Waals surface area contributed by atoms with Crippen molar-refractivity contribution in [3.63, 3.8) is 0 Å². The molecule has 0 spiro atoms. The Bertz CT molecular complexity index is 806. The second kappa shape index (κ2) is 4.72. The van der Waals surface area contributed by atoms with Crippen molar-refractivity contribution in [2.24, 2.45) is 0 Å². The molecule has 4 heteroatoms. The van der Waals surface area contributed by atoms with Crippen molar-refractivity contribution in [3.05, 3.63) is 68.8 Å². The fourth-order valence-electron chi connectivity index (χ4n) is 2.01. The number of rotatable bonds is 1. The van der Waals surface area contributed by atoms with Crippen LogP contribution in [0, 0.1) is 0 Å². The molecule has 1 aromatic heterocycles. The van der Waals surface area contributed by atoms with Crippen LogP contribution in [0.4, 0.5) is 0 Å². The number of aromatic amines is 1. The molecule has 1 N–H and O–H groups in total. The predicted octanol–water partition coefficient (Wildman–Crippen LogP) is 4.50. The highest BCUT2D eigenvalue weighted by Gasteiger charge is 2.04. The highest BCUT2D eigenvalue weighted by Crippen LogP contribution is 2.22. The van der Waals surface area contributed by atoms with Gasteiger partial charge in [0.1, 0.15) is 0 Å². The van der Waals surface area contributed by atoms with Crippen molar-refractivity contribution in [1.29, 1.82) is 0 Å². The van der Waals surface area contributed by atoms with E-state index in [2.05, 4.69) is 4.98 Å². The molecular formula is C15H9Cl2NO. The van der Waals surface area contributed by atoms with Gasteiger partial charge in [0.2, 0.25) is 0 Å². The first kappa shape index (κ1) is 12.3. The van der Waals surface area contributed by atoms with Gasteiger partial charge in [-0.3, -0.25) is 4.79 Å². The number of H-pyrrole nitrogens is 1. The van der Waals surface area contributed by atoms with Crippen LogP contribution in [0.5, 0.6) is 0 Å². The van der Waals surface area contributed by atoms with Gasteiger partial charge in [0.15, 0.2) is 5.43 Å². The van der Waals surface area contributed by atoms with Crippen LogP contribution in [0.25, 0.3) is 22.2 Å². The topological polar surface area (TPSA) is 32.9 Å². The molecule has 0 fully saturated rings. The Labute approximate surface area is 119 Å². The maximum Gasteiger partial charge on any atom is 0.190 e. The third kappa shape index (κ3) is 2.37. The monoisotopic (exact) mass is 289 g/mol. The zero-order chi connectivity index (χ0) is 13.4. The second-order valence-corrected chi connectivity index (χ2v) is 5.12. The molecule has 0 unspecified atom stereocenters. The lowest BCUT2D eigenvalue weighted by atomic mass is 10.1. The van der Waals surface area contributed by atoms with Crippen LogP contribution < -0.4 is 5.43 Å². The third-order valence-electron chi connectivity index (χ3n) is 2.95. The molecule has 1 heterocycles. The highest BCUT2D eigenvalue weighted by molar-refractivity contribution is 6.31. The normalized spacial score (nSPS) is 10.8. The van der Waals surface area contributed by atoms with Gasteiger partial charge in [-0.15, -0.1) is 0 Å². The lowest BCUT2D eigenvalue weighted by Crippen LogP contribution is -2.02. The summed E-state index contributed by atoms with van der Waals surface area (Å²) in [6.07, 6.45) is 0. The first-order valence-electron chi connectivity index (χ1n) is 5.72. The summed E-state index contributed by atoms with van der Waals surface area (Å²) in [4.78, 5) is 15.3. The summed E-state index contributed by atoms with van der Waals surface area (Å²) >= 11 is 11.8. The van der Waals surface area contributed by atoms with E-state index < -0.39 is 0 Å². The van der Waals surface area contributed by atoms with Crippen LogP contribution in [0.1, 0.15) is 0 Å². The molecule has 0 bridgehead atoms. The summed E-state index contributed by atoms with van der Waals surface area (Å²) in [6, 6.07) is 14.1. The van der Waals surface area contributed by atoms with E-state index in [9.17, 15) is 4.79 Å². The molecule has 3 rings (SSSR count). The molecule has 0 saturated carbocycles. The van der Waals surface area contributed by atoms with Gasteiger partial charge < -0.3 is 4.98 Å². The SMILES string of the molecule is O=c1cc(-c2ccc(Cl)cc2)[nH]c2cc(Cl)ccc12. The summed E-state index contributed by atoms with van der Waals surface area (Å²) < 4.78 is 0. The van der Waals surface area contributed by atoms with Crippen molar-refractivity contribution in [2.45, 2.75) is 0 Å². The smallest absolute Gasteiger partial charge is 0.190 e. The van der Waals surface area contributed by atoms with E-state index in [0.29, 0.717) is 15.4 Å². The minimum atomic E-state index is -0.0321. The maximum atomic E-state index is 12.1. The Morgan fingerprint density at radius 1 is 0.842 bits per heavy atom. The zero-order valence-corrected chi connectivity index (χ0v) is 11.3. The highest BCUT2D eigenvalue weighted by atomic mass is 35.5. The summed E-state index contributed by atoms with van der Waals surface area (Å²) in [6.45, 7) is 0. The molecule has 0 radical (unpaired) electrons. The Hall–Kier alpha value is -1.77. The van der Waals surface area contributed by atoms with Crippen molar-refractivity contribution < 1.29 is 0 Å². The number of fused-ring (bicyclic) bond motifs is 1. The first-order chi connectivity index (χ1) is 9.13. The van der Waals surface area contributed by atoms with Gasteiger partial charge in [0.25, 0.3) is 0 Å². The van der Waals surface area contributed by atoms with E-state index in [1.54, 1.807) is 36.4 Å². The number of hydrogen-bond donors (Lipinski definition) is 1. The van der Waals surface area contributed by atoms with Gasteiger partial charge >= 0.3 is 0 Å². The number of hydrogen-bond acceptors (Lipinski definition) is 1. The van der Waals surface area contributed by atoms with E-state index in [0.717, 1.165) is 16.8 Å². The fraction of sp³-hybridized carbons (Fsp3) is 0. The molecule has 2 aromatic carbocycles. The number of nitrogens with one attached hydrogen (secondary N) is 1. The molecule has 0 aliphatic rings. The standard InChI is InChI=1S/C15H9Cl2NO/c16-10-3-1-9(2-4-10)13-8-15(19)12-6-5-11(17)7-14(12)18-13/h1-8H,(H,18,19). The number of pyridine rings is 1. The Balaban J connectivity index is 2.25. The Morgan fingerprint density at radius 2 is 1.53 bits per heavy atom. The Kier molecular flexibility index (Phi) is 3.05. The third-order valence-corrected chi connectivity index (χ3v) is 3.43. The van der Waals surface area contributed by atoms with Crippen molar-refractivity contribution >= 4 is 34.1 Å². The van der Waals surface area contributed by atoms with Crippen molar-refractivity contribution in [3.8, 4) is 11.3 Å². The van der Waals surface area contributed by atoms with Gasteiger partial charge in [0, 0.05) is 27.2 Å². The fourth-order valence-corrected chi connectivity index (χ4v) is 2.31. The Morgan fingerprint density at radius 3 is 2.26 bits per heavy atom. The van der Waals surface area contributed by atoms with E-state index in [1.807, 2.05) is 12.1 Å². The van der Waals surface area contributed by atoms with Gasteiger partial charge in [-0.25, -0.2) is 0 Å². The van der Waals surface area contributed by atoms with Gasteiger partial charge in [-0.1, -0.05) is 35.3 Å². The van der Waals surface area contributed by atoms with Gasteiger partial charge in [-0.05, 0) is 35.9 Å². The number of benzene rings is 2. The van der Waals surface area contributed by atoms with Crippen LogP contribution >= 0.6 is 23.2 Å².